The van der Waals surface area contributed by atoms with E-state index in [1.807, 2.05) is 6.07 Å². The Bertz CT molecular complexity index is 2520. The van der Waals surface area contributed by atoms with E-state index in [9.17, 15) is 28.0 Å². The van der Waals surface area contributed by atoms with Gasteiger partial charge in [0.15, 0.2) is 16.9 Å². The van der Waals surface area contributed by atoms with Crippen molar-refractivity contribution < 1.29 is 32.5 Å². The summed E-state index contributed by atoms with van der Waals surface area (Å²) in [6, 6.07) is 7.54. The van der Waals surface area contributed by atoms with Crippen molar-refractivity contribution in [3.05, 3.63) is 59.8 Å². The van der Waals surface area contributed by atoms with Crippen molar-refractivity contribution in [2.75, 3.05) is 74.4 Å². The Labute approximate surface area is 361 Å². The number of carbonyl (C=O) groups is 4. The second kappa shape index (κ2) is 17.4. The number of benzene rings is 1. The van der Waals surface area contributed by atoms with E-state index in [2.05, 4.69) is 51.3 Å². The van der Waals surface area contributed by atoms with Crippen molar-refractivity contribution in [1.82, 2.24) is 50.0 Å². The Morgan fingerprint density at radius 3 is 2.59 bits per heavy atom. The Morgan fingerprint density at radius 2 is 1.78 bits per heavy atom. The Morgan fingerprint density at radius 1 is 0.952 bits per heavy atom. The number of nitrogens with zero attached hydrogens (tertiary/aromatic N) is 9. The first-order valence-electron chi connectivity index (χ1n) is 22.1. The van der Waals surface area contributed by atoms with Crippen LogP contribution in [0.1, 0.15) is 91.5 Å². The van der Waals surface area contributed by atoms with Crippen LogP contribution in [0.5, 0.6) is 0 Å². The molecule has 1 aliphatic carbocycles. The number of alkyl halides is 2. The number of carbonyl (C=O) groups excluding carboxylic acids is 4. The number of hydrogen-bond donors (Lipinski definition) is 4. The first-order chi connectivity index (χ1) is 30.6. The highest BCUT2D eigenvalue weighted by molar-refractivity contribution is 6.08. The monoisotopic (exact) mass is 867 g/mol. The van der Waals surface area contributed by atoms with Crippen LogP contribution in [0.2, 0.25) is 0 Å². The molecule has 18 nitrogen and oxygen atoms in total. The SMILES string of the molecule is O=C1CCC(c2noc3c(NC(=O)CN4CCN(CC5CCC(n6cc(NC(=O)c7cnn8ccc(N9CCC%10CNC(C%10)C9)nc78)c(C(F)F)n6)CC5)CC4)cccc23)C(=O)N1. The number of piperazine rings is 1. The molecule has 5 fully saturated rings. The van der Waals surface area contributed by atoms with Crippen LogP contribution >= 0.6 is 0 Å². The number of halogens is 2. The number of rotatable bonds is 11. The summed E-state index contributed by atoms with van der Waals surface area (Å²) in [6.45, 7) is 7.00. The molecule has 4 aromatic heterocycles. The van der Waals surface area contributed by atoms with Crippen LogP contribution in [0.4, 0.5) is 26.0 Å². The highest BCUT2D eigenvalue weighted by Crippen LogP contribution is 2.37. The number of imide groups is 1. The molecular formula is C43H51F2N13O5. The number of hydrogen-bond acceptors (Lipinski definition) is 13. The summed E-state index contributed by atoms with van der Waals surface area (Å²) in [5.41, 5.74) is 1.41. The average molecular weight is 868 g/mol. The molecule has 0 radical (unpaired) electrons. The van der Waals surface area contributed by atoms with Gasteiger partial charge < -0.3 is 30.3 Å². The zero-order chi connectivity index (χ0) is 43.2. The molecule has 5 aliphatic rings. The molecular weight excluding hydrogens is 817 g/mol. The van der Waals surface area contributed by atoms with E-state index in [1.54, 1.807) is 29.1 Å². The third-order valence-electron chi connectivity index (χ3n) is 13.6. The lowest BCUT2D eigenvalue weighted by Crippen LogP contribution is -2.49. The number of para-hydroxylation sites is 1. The van der Waals surface area contributed by atoms with E-state index >= 15 is 0 Å². The van der Waals surface area contributed by atoms with Crippen molar-refractivity contribution in [3.8, 4) is 0 Å². The number of piperidine rings is 1. The molecule has 1 saturated carbocycles. The van der Waals surface area contributed by atoms with Crippen LogP contribution in [0.3, 0.4) is 0 Å². The highest BCUT2D eigenvalue weighted by atomic mass is 19.3. The van der Waals surface area contributed by atoms with Gasteiger partial charge in [-0.05, 0) is 81.5 Å². The highest BCUT2D eigenvalue weighted by Gasteiger charge is 2.34. The van der Waals surface area contributed by atoms with Gasteiger partial charge in [-0.3, -0.25) is 34.1 Å². The molecule has 4 saturated heterocycles. The molecule has 4 amide bonds. The molecule has 63 heavy (non-hydrogen) atoms. The van der Waals surface area contributed by atoms with E-state index in [-0.39, 0.29) is 42.1 Å². The van der Waals surface area contributed by atoms with E-state index in [0.717, 1.165) is 96.7 Å². The normalized spacial score (nSPS) is 24.9. The van der Waals surface area contributed by atoms with E-state index < -0.39 is 29.9 Å². The Balaban J connectivity index is 0.699. The van der Waals surface area contributed by atoms with E-state index in [4.69, 9.17) is 9.51 Å². The van der Waals surface area contributed by atoms with Gasteiger partial charge in [-0.25, -0.2) is 18.3 Å². The van der Waals surface area contributed by atoms with Crippen molar-refractivity contribution in [1.29, 1.82) is 0 Å². The minimum absolute atomic E-state index is 0.0113. The summed E-state index contributed by atoms with van der Waals surface area (Å²) in [5.74, 6) is -0.188. The van der Waals surface area contributed by atoms with Gasteiger partial charge in [-0.1, -0.05) is 11.2 Å². The Hall–Kier alpha value is -5.86. The molecule has 20 heteroatoms. The van der Waals surface area contributed by atoms with Crippen LogP contribution in [0.15, 0.2) is 47.4 Å². The molecule has 3 atom stereocenters. The minimum Gasteiger partial charge on any atom is -0.355 e. The number of fused-ring (bicyclic) bond motifs is 4. The maximum atomic E-state index is 14.3. The fraction of sp³-hybridized carbons (Fsp3) is 0.535. The van der Waals surface area contributed by atoms with Crippen molar-refractivity contribution in [2.45, 2.75) is 75.8 Å². The van der Waals surface area contributed by atoms with Crippen LogP contribution < -0.4 is 26.2 Å². The smallest absolute Gasteiger partial charge is 0.284 e. The number of anilines is 3. The molecule has 5 aromatic rings. The van der Waals surface area contributed by atoms with Crippen LogP contribution in [-0.4, -0.2) is 128 Å². The number of nitrogens with one attached hydrogen (secondary N) is 4. The molecule has 1 aromatic carbocycles. The lowest BCUT2D eigenvalue weighted by Gasteiger charge is -2.38. The van der Waals surface area contributed by atoms with Gasteiger partial charge in [-0.15, -0.1) is 0 Å². The zero-order valence-corrected chi connectivity index (χ0v) is 34.8. The second-order valence-electron chi connectivity index (χ2n) is 17.8. The predicted octanol–water partition coefficient (Wildman–Crippen LogP) is 3.95. The number of aromatic nitrogens is 6. The van der Waals surface area contributed by atoms with Crippen molar-refractivity contribution in [3.63, 3.8) is 0 Å². The second-order valence-corrected chi connectivity index (χ2v) is 17.8. The van der Waals surface area contributed by atoms with E-state index in [0.29, 0.717) is 52.3 Å². The summed E-state index contributed by atoms with van der Waals surface area (Å²) < 4.78 is 37.4. The topological polar surface area (TPSA) is 200 Å². The predicted molar refractivity (Wildman–Crippen MR) is 226 cm³/mol. The molecule has 8 heterocycles. The summed E-state index contributed by atoms with van der Waals surface area (Å²) in [4.78, 5) is 62.5. The number of amides is 4. The molecule has 10 rings (SSSR count). The maximum Gasteiger partial charge on any atom is 0.284 e. The standard InChI is InChI=1S/C43H51F2N13O5/c44-40(45)38-33(49-43(62)31-20-47-57-13-11-34(50-41(31)57)56-12-10-26-18-27(22-56)46-19-26)23-58(52-38)28-6-4-25(5-7-28)21-54-14-16-55(17-15-54)24-36(60)48-32-3-1-2-29-37(53-63-39(29)32)30-8-9-35(59)51-42(30)61/h1-3,11,13,20,23,25-28,30,40,46H,4-10,12,14-19,21-22,24H2,(H,48,60)(H,49,62)(H,51,59,61). The lowest BCUT2D eigenvalue weighted by molar-refractivity contribution is -0.134. The summed E-state index contributed by atoms with van der Waals surface area (Å²) >= 11 is 0. The first-order valence-corrected chi connectivity index (χ1v) is 22.1. The summed E-state index contributed by atoms with van der Waals surface area (Å²) in [6.07, 6.45) is 8.06. The van der Waals surface area contributed by atoms with Gasteiger partial charge in [0, 0.05) is 76.1 Å². The van der Waals surface area contributed by atoms with Gasteiger partial charge in [0.05, 0.1) is 36.1 Å². The van der Waals surface area contributed by atoms with Gasteiger partial charge in [0.25, 0.3) is 12.3 Å². The lowest BCUT2D eigenvalue weighted by atomic mass is 9.85. The van der Waals surface area contributed by atoms with Crippen LogP contribution in [-0.2, 0) is 14.4 Å². The van der Waals surface area contributed by atoms with Gasteiger partial charge in [-0.2, -0.15) is 10.2 Å². The quantitative estimate of drug-likeness (QED) is 0.139. The average Bonchev–Trinajstić information content (AvgIpc) is 4.07. The largest absolute Gasteiger partial charge is 0.355 e. The third-order valence-corrected chi connectivity index (χ3v) is 13.6. The molecule has 3 unspecified atom stereocenters. The van der Waals surface area contributed by atoms with Gasteiger partial charge >= 0.3 is 0 Å². The first kappa shape index (κ1) is 41.2. The van der Waals surface area contributed by atoms with Crippen molar-refractivity contribution in [2.24, 2.45) is 11.8 Å². The maximum absolute atomic E-state index is 14.3. The summed E-state index contributed by atoms with van der Waals surface area (Å²) in [5, 5.41) is 25.0. The third kappa shape index (κ3) is 8.62. The Kier molecular flexibility index (Phi) is 11.3. The zero-order valence-electron chi connectivity index (χ0n) is 34.8. The van der Waals surface area contributed by atoms with E-state index in [1.165, 1.54) is 16.9 Å². The van der Waals surface area contributed by atoms with Gasteiger partial charge in [0.2, 0.25) is 17.7 Å². The van der Waals surface area contributed by atoms with Gasteiger partial charge in [0.1, 0.15) is 17.1 Å². The fourth-order valence-electron chi connectivity index (χ4n) is 10.2. The molecule has 332 valence electrons. The fourth-order valence-corrected chi connectivity index (χ4v) is 10.2. The molecule has 2 bridgehead atoms. The van der Waals surface area contributed by atoms with Crippen LogP contribution in [0.25, 0.3) is 16.6 Å². The molecule has 4 aliphatic heterocycles. The van der Waals surface area contributed by atoms with Crippen molar-refractivity contribution >= 4 is 57.4 Å². The summed E-state index contributed by atoms with van der Waals surface area (Å²) in [7, 11) is 0. The molecule has 0 spiro atoms. The minimum atomic E-state index is -2.87. The van der Waals surface area contributed by atoms with Crippen LogP contribution in [0, 0.1) is 11.8 Å². The molecule has 4 N–H and O–H groups in total.